The SMILES string of the molecule is CCC(C)(C)c1nc(C(C)(C)C)co1. The molecule has 0 atom stereocenters. The number of hydrogen-bond acceptors (Lipinski definition) is 2. The maximum Gasteiger partial charge on any atom is 0.199 e. The molecule has 80 valence electrons. The summed E-state index contributed by atoms with van der Waals surface area (Å²) in [5.41, 5.74) is 1.16. The first kappa shape index (κ1) is 11.3. The molecule has 2 heteroatoms. The average molecular weight is 195 g/mol. The van der Waals surface area contributed by atoms with Crippen LogP contribution in [0.3, 0.4) is 0 Å². The lowest BCUT2D eigenvalue weighted by molar-refractivity contribution is 0.360. The Hall–Kier alpha value is -0.790. The molecule has 0 fully saturated rings. The molecule has 0 radical (unpaired) electrons. The lowest BCUT2D eigenvalue weighted by atomic mass is 9.90. The van der Waals surface area contributed by atoms with E-state index >= 15 is 0 Å². The summed E-state index contributed by atoms with van der Waals surface area (Å²) in [5, 5.41) is 0. The van der Waals surface area contributed by atoms with E-state index in [1.165, 1.54) is 0 Å². The summed E-state index contributed by atoms with van der Waals surface area (Å²) >= 11 is 0. The highest BCUT2D eigenvalue weighted by Crippen LogP contribution is 2.29. The van der Waals surface area contributed by atoms with Crippen molar-refractivity contribution in [1.29, 1.82) is 0 Å². The van der Waals surface area contributed by atoms with Gasteiger partial charge in [0.2, 0.25) is 0 Å². The second-order valence-corrected chi connectivity index (χ2v) is 5.53. The predicted octanol–water partition coefficient (Wildman–Crippen LogP) is 3.66. The fourth-order valence-electron chi connectivity index (χ4n) is 1.08. The maximum absolute atomic E-state index is 5.54. The summed E-state index contributed by atoms with van der Waals surface area (Å²) in [4.78, 5) is 4.56. The summed E-state index contributed by atoms with van der Waals surface area (Å²) in [6.45, 7) is 12.9. The molecule has 0 amide bonds. The Labute approximate surface area is 86.7 Å². The van der Waals surface area contributed by atoms with Crippen molar-refractivity contribution in [2.75, 3.05) is 0 Å². The van der Waals surface area contributed by atoms with Gasteiger partial charge in [0, 0.05) is 10.8 Å². The third-order valence-corrected chi connectivity index (χ3v) is 2.74. The number of hydrogen-bond donors (Lipinski definition) is 0. The summed E-state index contributed by atoms with van der Waals surface area (Å²) in [6, 6.07) is 0. The van der Waals surface area contributed by atoms with Gasteiger partial charge in [-0.15, -0.1) is 0 Å². The van der Waals surface area contributed by atoms with E-state index in [0.717, 1.165) is 18.0 Å². The molecular formula is C12H21NO. The number of oxazole rings is 1. The van der Waals surface area contributed by atoms with Crippen molar-refractivity contribution >= 4 is 0 Å². The van der Waals surface area contributed by atoms with E-state index in [-0.39, 0.29) is 10.8 Å². The van der Waals surface area contributed by atoms with Gasteiger partial charge in [0.1, 0.15) is 6.26 Å². The standard InChI is InChI=1S/C12H21NO/c1-7-12(5,6)10-13-9(8-14-10)11(2,3)4/h8H,7H2,1-6H3. The molecule has 0 spiro atoms. The first-order chi connectivity index (χ1) is 6.27. The Bertz CT molecular complexity index is 304. The number of aromatic nitrogens is 1. The minimum absolute atomic E-state index is 0.0451. The summed E-state index contributed by atoms with van der Waals surface area (Å²) in [6.07, 6.45) is 2.82. The van der Waals surface area contributed by atoms with Crippen LogP contribution >= 0.6 is 0 Å². The molecular weight excluding hydrogens is 174 g/mol. The Balaban J connectivity index is 3.00. The molecule has 1 heterocycles. The van der Waals surface area contributed by atoms with Crippen LogP contribution in [-0.2, 0) is 10.8 Å². The van der Waals surface area contributed by atoms with Crippen molar-refractivity contribution in [3.8, 4) is 0 Å². The van der Waals surface area contributed by atoms with Crippen molar-refractivity contribution < 1.29 is 4.42 Å². The van der Waals surface area contributed by atoms with Gasteiger partial charge in [0.15, 0.2) is 5.89 Å². The Morgan fingerprint density at radius 3 is 2.14 bits per heavy atom. The fraction of sp³-hybridized carbons (Fsp3) is 0.750. The molecule has 0 aromatic carbocycles. The molecule has 0 bridgehead atoms. The van der Waals surface area contributed by atoms with Gasteiger partial charge in [0.25, 0.3) is 0 Å². The second-order valence-electron chi connectivity index (χ2n) is 5.53. The lowest BCUT2D eigenvalue weighted by Gasteiger charge is -2.18. The van der Waals surface area contributed by atoms with Crippen LogP contribution in [0.5, 0.6) is 0 Å². The Morgan fingerprint density at radius 1 is 1.21 bits per heavy atom. The van der Waals surface area contributed by atoms with Crippen LogP contribution in [0.2, 0.25) is 0 Å². The van der Waals surface area contributed by atoms with Gasteiger partial charge < -0.3 is 4.42 Å². The lowest BCUT2D eigenvalue weighted by Crippen LogP contribution is -2.17. The molecule has 2 nitrogen and oxygen atoms in total. The fourth-order valence-corrected chi connectivity index (χ4v) is 1.08. The molecule has 0 saturated heterocycles. The van der Waals surface area contributed by atoms with E-state index in [2.05, 4.69) is 46.5 Å². The summed E-state index contributed by atoms with van der Waals surface area (Å²) in [7, 11) is 0. The molecule has 1 rings (SSSR count). The van der Waals surface area contributed by atoms with E-state index in [9.17, 15) is 0 Å². The van der Waals surface area contributed by atoms with Crippen molar-refractivity contribution in [1.82, 2.24) is 4.98 Å². The van der Waals surface area contributed by atoms with E-state index in [1.807, 2.05) is 0 Å². The topological polar surface area (TPSA) is 26.0 Å². The zero-order valence-electron chi connectivity index (χ0n) is 10.1. The van der Waals surface area contributed by atoms with Crippen LogP contribution in [-0.4, -0.2) is 4.98 Å². The van der Waals surface area contributed by atoms with Gasteiger partial charge in [-0.05, 0) is 6.42 Å². The molecule has 0 saturated carbocycles. The van der Waals surface area contributed by atoms with Crippen molar-refractivity contribution in [2.24, 2.45) is 0 Å². The second kappa shape index (κ2) is 3.41. The maximum atomic E-state index is 5.54. The average Bonchev–Trinajstić information content (AvgIpc) is 2.51. The molecule has 0 unspecified atom stereocenters. The molecule has 0 aliphatic rings. The first-order valence-corrected chi connectivity index (χ1v) is 5.24. The zero-order chi connectivity index (χ0) is 11.0. The zero-order valence-corrected chi connectivity index (χ0v) is 10.1. The smallest absolute Gasteiger partial charge is 0.199 e. The van der Waals surface area contributed by atoms with E-state index in [4.69, 9.17) is 4.42 Å². The van der Waals surface area contributed by atoms with E-state index < -0.39 is 0 Å². The van der Waals surface area contributed by atoms with Crippen molar-refractivity contribution in [3.63, 3.8) is 0 Å². The molecule has 1 aromatic heterocycles. The summed E-state index contributed by atoms with van der Waals surface area (Å²) < 4.78 is 5.54. The predicted molar refractivity (Wildman–Crippen MR) is 58.5 cm³/mol. The van der Waals surface area contributed by atoms with Crippen LogP contribution in [0.15, 0.2) is 10.7 Å². The monoisotopic (exact) mass is 195 g/mol. The van der Waals surface area contributed by atoms with Gasteiger partial charge in [-0.1, -0.05) is 41.5 Å². The number of rotatable bonds is 2. The third kappa shape index (κ3) is 2.17. The summed E-state index contributed by atoms with van der Waals surface area (Å²) in [5.74, 6) is 0.852. The molecule has 1 aromatic rings. The largest absolute Gasteiger partial charge is 0.448 e. The Morgan fingerprint density at radius 2 is 1.79 bits per heavy atom. The highest BCUT2D eigenvalue weighted by Gasteiger charge is 2.27. The van der Waals surface area contributed by atoms with Crippen LogP contribution < -0.4 is 0 Å². The van der Waals surface area contributed by atoms with Gasteiger partial charge >= 0.3 is 0 Å². The van der Waals surface area contributed by atoms with Crippen LogP contribution in [0.1, 0.15) is 59.5 Å². The van der Waals surface area contributed by atoms with Crippen molar-refractivity contribution in [2.45, 2.75) is 58.8 Å². The first-order valence-electron chi connectivity index (χ1n) is 5.24. The van der Waals surface area contributed by atoms with Crippen LogP contribution in [0.4, 0.5) is 0 Å². The van der Waals surface area contributed by atoms with Gasteiger partial charge in [-0.2, -0.15) is 0 Å². The highest BCUT2D eigenvalue weighted by molar-refractivity contribution is 5.12. The highest BCUT2D eigenvalue weighted by atomic mass is 16.3. The molecule has 14 heavy (non-hydrogen) atoms. The van der Waals surface area contributed by atoms with E-state index in [0.29, 0.717) is 0 Å². The van der Waals surface area contributed by atoms with Gasteiger partial charge in [0.05, 0.1) is 5.69 Å². The molecule has 0 N–H and O–H groups in total. The Kier molecular flexibility index (Phi) is 2.75. The third-order valence-electron chi connectivity index (χ3n) is 2.74. The normalized spacial score (nSPS) is 13.3. The minimum atomic E-state index is 0.0451. The molecule has 0 aliphatic heterocycles. The quantitative estimate of drug-likeness (QED) is 0.719. The van der Waals surface area contributed by atoms with Crippen LogP contribution in [0.25, 0.3) is 0 Å². The minimum Gasteiger partial charge on any atom is -0.448 e. The van der Waals surface area contributed by atoms with Crippen molar-refractivity contribution in [3.05, 3.63) is 17.8 Å². The molecule has 0 aliphatic carbocycles. The van der Waals surface area contributed by atoms with Gasteiger partial charge in [-0.25, -0.2) is 4.98 Å². The van der Waals surface area contributed by atoms with E-state index in [1.54, 1.807) is 6.26 Å². The van der Waals surface area contributed by atoms with Gasteiger partial charge in [-0.3, -0.25) is 0 Å². The van der Waals surface area contributed by atoms with Crippen LogP contribution in [0, 0.1) is 0 Å². The number of nitrogens with zero attached hydrogens (tertiary/aromatic N) is 1.